The molecule has 150 valence electrons. The SMILES string of the molecule is COC(=O)[C@@H]1O[C@H]2OC(=O)C[C@@H]1[C@@H]2[C@]1(C)CC[C@@H]2C(=CCCC2(C)C)[C@H]1C. The number of methoxy groups -OCH3 is 1. The molecule has 0 aromatic carbocycles. The highest BCUT2D eigenvalue weighted by Crippen LogP contribution is 2.62. The van der Waals surface area contributed by atoms with Crippen molar-refractivity contribution in [2.75, 3.05) is 7.11 Å². The summed E-state index contributed by atoms with van der Waals surface area (Å²) in [5, 5.41) is 0. The highest BCUT2D eigenvalue weighted by atomic mass is 16.7. The number of rotatable bonds is 2. The Kier molecular flexibility index (Phi) is 4.45. The van der Waals surface area contributed by atoms with Gasteiger partial charge in [0.1, 0.15) is 0 Å². The zero-order valence-electron chi connectivity index (χ0n) is 17.1. The Morgan fingerprint density at radius 3 is 2.70 bits per heavy atom. The van der Waals surface area contributed by atoms with Crippen molar-refractivity contribution in [3.05, 3.63) is 11.6 Å². The highest BCUT2D eigenvalue weighted by molar-refractivity contribution is 5.78. The molecule has 7 atom stereocenters. The van der Waals surface area contributed by atoms with Crippen LogP contribution < -0.4 is 0 Å². The zero-order chi connectivity index (χ0) is 19.6. The van der Waals surface area contributed by atoms with Gasteiger partial charge in [-0.2, -0.15) is 0 Å². The molecule has 2 aliphatic heterocycles. The number of hydrogen-bond acceptors (Lipinski definition) is 5. The molecule has 3 fully saturated rings. The number of allylic oxidation sites excluding steroid dienone is 2. The van der Waals surface area contributed by atoms with E-state index in [2.05, 4.69) is 33.8 Å². The molecule has 2 heterocycles. The molecule has 4 aliphatic rings. The largest absolute Gasteiger partial charge is 0.467 e. The Balaban J connectivity index is 1.67. The summed E-state index contributed by atoms with van der Waals surface area (Å²) in [6, 6.07) is 0. The molecular weight excluding hydrogens is 344 g/mol. The van der Waals surface area contributed by atoms with Crippen LogP contribution in [0.4, 0.5) is 0 Å². The molecule has 1 saturated carbocycles. The molecule has 0 N–H and O–H groups in total. The molecular formula is C22H32O5. The monoisotopic (exact) mass is 376 g/mol. The predicted octanol–water partition coefficient (Wildman–Crippen LogP) is 3.86. The molecule has 5 nitrogen and oxygen atoms in total. The maximum atomic E-state index is 12.3. The molecule has 2 bridgehead atoms. The molecule has 5 heteroatoms. The van der Waals surface area contributed by atoms with E-state index in [1.54, 1.807) is 5.57 Å². The maximum absolute atomic E-state index is 12.3. The van der Waals surface area contributed by atoms with Crippen molar-refractivity contribution in [1.29, 1.82) is 0 Å². The van der Waals surface area contributed by atoms with E-state index in [4.69, 9.17) is 14.2 Å². The van der Waals surface area contributed by atoms with Gasteiger partial charge in [-0.3, -0.25) is 4.79 Å². The lowest BCUT2D eigenvalue weighted by Crippen LogP contribution is -2.51. The highest BCUT2D eigenvalue weighted by Gasteiger charge is 2.63. The van der Waals surface area contributed by atoms with Gasteiger partial charge in [-0.25, -0.2) is 4.79 Å². The third kappa shape index (κ3) is 2.76. The summed E-state index contributed by atoms with van der Waals surface area (Å²) >= 11 is 0. The number of hydrogen-bond donors (Lipinski definition) is 0. The molecule has 4 rings (SSSR count). The first-order chi connectivity index (χ1) is 12.7. The van der Waals surface area contributed by atoms with Gasteiger partial charge in [0, 0.05) is 11.8 Å². The smallest absolute Gasteiger partial charge is 0.335 e. The molecule has 0 radical (unpaired) electrons. The molecule has 0 aromatic heterocycles. The number of esters is 2. The minimum atomic E-state index is -0.699. The molecule has 0 aromatic rings. The second kappa shape index (κ2) is 6.33. The molecule has 2 aliphatic carbocycles. The van der Waals surface area contributed by atoms with E-state index < -0.39 is 18.4 Å². The van der Waals surface area contributed by atoms with Crippen molar-refractivity contribution in [1.82, 2.24) is 0 Å². The van der Waals surface area contributed by atoms with Crippen LogP contribution in [-0.2, 0) is 23.8 Å². The minimum Gasteiger partial charge on any atom is -0.467 e. The normalized spacial score (nSPS) is 45.5. The van der Waals surface area contributed by atoms with E-state index in [1.165, 1.54) is 13.5 Å². The van der Waals surface area contributed by atoms with Crippen LogP contribution in [0, 0.1) is 34.5 Å². The van der Waals surface area contributed by atoms with Crippen LogP contribution in [0.1, 0.15) is 59.8 Å². The predicted molar refractivity (Wildman–Crippen MR) is 99.5 cm³/mol. The number of ether oxygens (including phenoxy) is 3. The maximum Gasteiger partial charge on any atom is 0.335 e. The van der Waals surface area contributed by atoms with Crippen molar-refractivity contribution >= 4 is 11.9 Å². The van der Waals surface area contributed by atoms with Crippen LogP contribution >= 0.6 is 0 Å². The second-order valence-electron chi connectivity index (χ2n) is 9.88. The molecule has 0 amide bonds. The van der Waals surface area contributed by atoms with Crippen molar-refractivity contribution in [3.8, 4) is 0 Å². The van der Waals surface area contributed by atoms with Crippen LogP contribution in [0.3, 0.4) is 0 Å². The Labute approximate surface area is 161 Å². The first kappa shape index (κ1) is 19.0. The lowest BCUT2D eigenvalue weighted by Gasteiger charge is -2.55. The molecule has 0 unspecified atom stereocenters. The summed E-state index contributed by atoms with van der Waals surface area (Å²) in [5.74, 6) is 0.202. The van der Waals surface area contributed by atoms with E-state index in [1.807, 2.05) is 0 Å². The van der Waals surface area contributed by atoms with Crippen molar-refractivity contribution < 1.29 is 23.8 Å². The van der Waals surface area contributed by atoms with E-state index in [9.17, 15) is 9.59 Å². The van der Waals surface area contributed by atoms with Gasteiger partial charge in [0.25, 0.3) is 0 Å². The Bertz CT molecular complexity index is 680. The van der Waals surface area contributed by atoms with Crippen molar-refractivity contribution in [3.63, 3.8) is 0 Å². The van der Waals surface area contributed by atoms with E-state index in [-0.39, 0.29) is 29.6 Å². The summed E-state index contributed by atoms with van der Waals surface area (Å²) in [5.41, 5.74) is 1.84. The lowest BCUT2D eigenvalue weighted by molar-refractivity contribution is -0.199. The average Bonchev–Trinajstić information content (AvgIpc) is 2.86. The van der Waals surface area contributed by atoms with Gasteiger partial charge in [-0.15, -0.1) is 0 Å². The fourth-order valence-electron chi connectivity index (χ4n) is 6.49. The van der Waals surface area contributed by atoms with Gasteiger partial charge in [0.05, 0.1) is 13.5 Å². The van der Waals surface area contributed by atoms with Crippen molar-refractivity contribution in [2.45, 2.75) is 72.2 Å². The van der Waals surface area contributed by atoms with Gasteiger partial charge in [0.2, 0.25) is 6.29 Å². The first-order valence-corrected chi connectivity index (χ1v) is 10.3. The quantitative estimate of drug-likeness (QED) is 0.541. The fourth-order valence-corrected chi connectivity index (χ4v) is 6.49. The topological polar surface area (TPSA) is 61.8 Å². The van der Waals surface area contributed by atoms with Crippen LogP contribution in [0.25, 0.3) is 0 Å². The number of carbonyl (C=O) groups excluding carboxylic acids is 2. The van der Waals surface area contributed by atoms with E-state index >= 15 is 0 Å². The van der Waals surface area contributed by atoms with Crippen LogP contribution in [0.2, 0.25) is 0 Å². The van der Waals surface area contributed by atoms with Crippen LogP contribution in [-0.4, -0.2) is 31.4 Å². The summed E-state index contributed by atoms with van der Waals surface area (Å²) < 4.78 is 16.4. The summed E-state index contributed by atoms with van der Waals surface area (Å²) in [7, 11) is 1.37. The average molecular weight is 376 g/mol. The third-order valence-electron chi connectivity index (χ3n) is 8.24. The van der Waals surface area contributed by atoms with E-state index in [0.717, 1.165) is 19.3 Å². The second-order valence-corrected chi connectivity index (χ2v) is 9.88. The summed E-state index contributed by atoms with van der Waals surface area (Å²) in [6.07, 6.45) is 5.93. The number of carbonyl (C=O) groups is 2. The molecule has 27 heavy (non-hydrogen) atoms. The number of fused-ring (bicyclic) bond motifs is 3. The summed E-state index contributed by atoms with van der Waals surface area (Å²) in [6.45, 7) is 9.41. The first-order valence-electron chi connectivity index (χ1n) is 10.3. The Hall–Kier alpha value is -1.36. The van der Waals surface area contributed by atoms with Gasteiger partial charge in [-0.1, -0.05) is 39.3 Å². The van der Waals surface area contributed by atoms with Gasteiger partial charge in [0.15, 0.2) is 6.10 Å². The zero-order valence-corrected chi connectivity index (χ0v) is 17.1. The van der Waals surface area contributed by atoms with Crippen LogP contribution in [0.15, 0.2) is 11.6 Å². The van der Waals surface area contributed by atoms with Crippen LogP contribution in [0.5, 0.6) is 0 Å². The Morgan fingerprint density at radius 1 is 1.26 bits per heavy atom. The van der Waals surface area contributed by atoms with Gasteiger partial charge >= 0.3 is 11.9 Å². The van der Waals surface area contributed by atoms with E-state index in [0.29, 0.717) is 17.3 Å². The summed E-state index contributed by atoms with van der Waals surface area (Å²) in [4.78, 5) is 24.3. The standard InChI is InChI=1S/C22H32O5/c1-12-13-7-6-9-21(2,3)15(13)8-10-22(12,4)17-14-11-16(23)26-20(17)27-18(14)19(24)25-5/h7,12,14-15,17-18,20H,6,8-11H2,1-5H3/t12-,14-,15-,17+,18-,20-,22-/m1/s1. The minimum absolute atomic E-state index is 0.0289. The van der Waals surface area contributed by atoms with Gasteiger partial charge < -0.3 is 14.2 Å². The van der Waals surface area contributed by atoms with Gasteiger partial charge in [-0.05, 0) is 48.3 Å². The molecule has 0 spiro atoms. The van der Waals surface area contributed by atoms with Crippen molar-refractivity contribution in [2.24, 2.45) is 34.5 Å². The molecule has 2 saturated heterocycles. The Morgan fingerprint density at radius 2 is 2.00 bits per heavy atom. The fraction of sp³-hybridized carbons (Fsp3) is 0.818. The lowest BCUT2D eigenvalue weighted by atomic mass is 9.50. The third-order valence-corrected chi connectivity index (χ3v) is 8.24.